The first-order valence-electron chi connectivity index (χ1n) is 8.46. The lowest BCUT2D eigenvalue weighted by Crippen LogP contribution is -2.05. The number of fused-ring (bicyclic) bond motifs is 1. The first-order chi connectivity index (χ1) is 12.5. The van der Waals surface area contributed by atoms with E-state index in [0.717, 1.165) is 28.3 Å². The van der Waals surface area contributed by atoms with Crippen molar-refractivity contribution in [2.75, 3.05) is 0 Å². The maximum absolute atomic E-state index is 13.6. The zero-order valence-electron chi connectivity index (χ0n) is 14.6. The van der Waals surface area contributed by atoms with Crippen molar-refractivity contribution in [1.82, 2.24) is 18.9 Å². The summed E-state index contributed by atoms with van der Waals surface area (Å²) in [6.45, 7) is 4.24. The molecule has 6 heteroatoms. The number of nitrogens with zero attached hydrogens (tertiary/aromatic N) is 4. The molecular formula is C20H19FN4O. The molecule has 0 amide bonds. The average Bonchev–Trinajstić information content (AvgIpc) is 3.20. The Balaban J connectivity index is 1.77. The molecule has 1 N–H and O–H groups in total. The van der Waals surface area contributed by atoms with E-state index in [9.17, 15) is 9.50 Å². The van der Waals surface area contributed by atoms with Crippen molar-refractivity contribution in [3.05, 3.63) is 77.8 Å². The highest BCUT2D eigenvalue weighted by Crippen LogP contribution is 2.23. The third kappa shape index (κ3) is 2.78. The number of pyridine rings is 1. The average molecular weight is 350 g/mol. The molecule has 1 atom stereocenters. The molecule has 1 aromatic carbocycles. The second-order valence-electron chi connectivity index (χ2n) is 6.35. The fourth-order valence-corrected chi connectivity index (χ4v) is 3.28. The molecule has 1 unspecified atom stereocenters. The van der Waals surface area contributed by atoms with Crippen LogP contribution in [-0.2, 0) is 6.54 Å². The minimum absolute atomic E-state index is 0.289. The molecule has 3 aromatic heterocycles. The predicted molar refractivity (Wildman–Crippen MR) is 97.3 cm³/mol. The Labute approximate surface area is 150 Å². The molecule has 5 nitrogen and oxygen atoms in total. The summed E-state index contributed by atoms with van der Waals surface area (Å²) in [4.78, 5) is 9.09. The van der Waals surface area contributed by atoms with Crippen LogP contribution in [0, 0.1) is 12.7 Å². The van der Waals surface area contributed by atoms with Crippen LogP contribution >= 0.6 is 0 Å². The molecule has 0 aliphatic heterocycles. The van der Waals surface area contributed by atoms with Gasteiger partial charge >= 0.3 is 0 Å². The van der Waals surface area contributed by atoms with E-state index in [1.54, 1.807) is 19.2 Å². The molecular weight excluding hydrogens is 331 g/mol. The number of aryl methyl sites for hydroxylation is 1. The molecule has 132 valence electrons. The fourth-order valence-electron chi connectivity index (χ4n) is 3.28. The molecule has 0 fully saturated rings. The van der Waals surface area contributed by atoms with E-state index in [1.165, 1.54) is 12.1 Å². The standard InChI is InChI=1S/C20H19FN4O/c1-13-17(23-19-8-4-7-18(14(2)26)25(13)19)12-24-10-9-22-20(24)15-5-3-6-16(21)11-15/h3-11,14,26H,12H2,1-2H3. The van der Waals surface area contributed by atoms with E-state index >= 15 is 0 Å². The van der Waals surface area contributed by atoms with Crippen LogP contribution in [0.25, 0.3) is 17.0 Å². The zero-order chi connectivity index (χ0) is 18.3. The van der Waals surface area contributed by atoms with Crippen molar-refractivity contribution in [1.29, 1.82) is 0 Å². The Morgan fingerprint density at radius 2 is 2.00 bits per heavy atom. The number of rotatable bonds is 4. The Bertz CT molecular complexity index is 1080. The highest BCUT2D eigenvalue weighted by molar-refractivity contribution is 5.55. The van der Waals surface area contributed by atoms with Gasteiger partial charge in [-0.05, 0) is 38.1 Å². The highest BCUT2D eigenvalue weighted by Gasteiger charge is 2.15. The summed E-state index contributed by atoms with van der Waals surface area (Å²) < 4.78 is 17.5. The van der Waals surface area contributed by atoms with Crippen LogP contribution in [0.5, 0.6) is 0 Å². The van der Waals surface area contributed by atoms with Gasteiger partial charge < -0.3 is 9.67 Å². The number of halogens is 1. The largest absolute Gasteiger partial charge is 0.387 e. The van der Waals surface area contributed by atoms with Crippen LogP contribution in [0.3, 0.4) is 0 Å². The first kappa shape index (κ1) is 16.5. The van der Waals surface area contributed by atoms with Crippen LogP contribution < -0.4 is 0 Å². The highest BCUT2D eigenvalue weighted by atomic mass is 19.1. The van der Waals surface area contributed by atoms with Crippen LogP contribution in [0.1, 0.15) is 30.1 Å². The van der Waals surface area contributed by atoms with E-state index < -0.39 is 6.10 Å². The minimum Gasteiger partial charge on any atom is -0.387 e. The van der Waals surface area contributed by atoms with E-state index in [1.807, 2.05) is 46.4 Å². The van der Waals surface area contributed by atoms with Gasteiger partial charge in [0.2, 0.25) is 0 Å². The number of hydrogen-bond donors (Lipinski definition) is 1. The number of benzene rings is 1. The van der Waals surface area contributed by atoms with E-state index in [0.29, 0.717) is 12.4 Å². The van der Waals surface area contributed by atoms with Crippen molar-refractivity contribution in [2.24, 2.45) is 0 Å². The predicted octanol–water partition coefficient (Wildman–Crippen LogP) is 3.75. The minimum atomic E-state index is -0.587. The van der Waals surface area contributed by atoms with Gasteiger partial charge in [0, 0.05) is 23.7 Å². The van der Waals surface area contributed by atoms with Crippen LogP contribution in [0.2, 0.25) is 0 Å². The molecule has 3 heterocycles. The lowest BCUT2D eigenvalue weighted by atomic mass is 10.2. The van der Waals surface area contributed by atoms with Gasteiger partial charge in [0.15, 0.2) is 0 Å². The Morgan fingerprint density at radius 3 is 2.77 bits per heavy atom. The summed E-state index contributed by atoms with van der Waals surface area (Å²) in [6.07, 6.45) is 2.97. The molecule has 0 radical (unpaired) electrons. The second kappa shape index (κ2) is 6.38. The topological polar surface area (TPSA) is 55.3 Å². The number of aliphatic hydroxyl groups is 1. The van der Waals surface area contributed by atoms with Gasteiger partial charge in [-0.3, -0.25) is 4.40 Å². The summed E-state index contributed by atoms with van der Waals surface area (Å²) in [5.74, 6) is 0.402. The molecule has 26 heavy (non-hydrogen) atoms. The van der Waals surface area contributed by atoms with Crippen LogP contribution in [0.4, 0.5) is 4.39 Å². The van der Waals surface area contributed by atoms with E-state index in [2.05, 4.69) is 4.98 Å². The van der Waals surface area contributed by atoms with Gasteiger partial charge in [-0.25, -0.2) is 14.4 Å². The number of aromatic nitrogens is 4. The fraction of sp³-hybridized carbons (Fsp3) is 0.200. The Morgan fingerprint density at radius 1 is 1.19 bits per heavy atom. The third-order valence-corrected chi connectivity index (χ3v) is 4.55. The summed E-state index contributed by atoms with van der Waals surface area (Å²) in [5.41, 5.74) is 4.17. The van der Waals surface area contributed by atoms with Gasteiger partial charge in [-0.15, -0.1) is 0 Å². The molecule has 4 aromatic rings. The van der Waals surface area contributed by atoms with Crippen molar-refractivity contribution in [2.45, 2.75) is 26.5 Å². The van der Waals surface area contributed by atoms with Crippen LogP contribution in [0.15, 0.2) is 54.9 Å². The first-order valence-corrected chi connectivity index (χ1v) is 8.46. The number of imidazole rings is 2. The summed E-state index contributed by atoms with van der Waals surface area (Å²) in [7, 11) is 0. The SMILES string of the molecule is Cc1c(Cn2ccnc2-c2cccc(F)c2)nc2cccc(C(C)O)n12. The molecule has 4 rings (SSSR count). The maximum Gasteiger partial charge on any atom is 0.140 e. The van der Waals surface area contributed by atoms with Crippen molar-refractivity contribution < 1.29 is 9.50 Å². The summed E-state index contributed by atoms with van der Waals surface area (Å²) >= 11 is 0. The third-order valence-electron chi connectivity index (χ3n) is 4.55. The summed E-state index contributed by atoms with van der Waals surface area (Å²) in [6, 6.07) is 12.1. The van der Waals surface area contributed by atoms with Gasteiger partial charge in [0.05, 0.1) is 24.0 Å². The Hall–Kier alpha value is -2.99. The van der Waals surface area contributed by atoms with Gasteiger partial charge in [0.1, 0.15) is 17.3 Å². The second-order valence-corrected chi connectivity index (χ2v) is 6.35. The van der Waals surface area contributed by atoms with Crippen molar-refractivity contribution in [3.63, 3.8) is 0 Å². The van der Waals surface area contributed by atoms with Gasteiger partial charge in [-0.1, -0.05) is 18.2 Å². The smallest absolute Gasteiger partial charge is 0.140 e. The molecule has 0 aliphatic carbocycles. The van der Waals surface area contributed by atoms with Gasteiger partial charge in [-0.2, -0.15) is 0 Å². The summed E-state index contributed by atoms with van der Waals surface area (Å²) in [5, 5.41) is 10.0. The van der Waals surface area contributed by atoms with Gasteiger partial charge in [0.25, 0.3) is 0 Å². The maximum atomic E-state index is 13.6. The lowest BCUT2D eigenvalue weighted by Gasteiger charge is -2.10. The molecule has 0 aliphatic rings. The molecule has 0 saturated heterocycles. The Kier molecular flexibility index (Phi) is 4.05. The van der Waals surface area contributed by atoms with E-state index in [4.69, 9.17) is 4.98 Å². The molecule has 0 spiro atoms. The quantitative estimate of drug-likeness (QED) is 0.610. The number of aliphatic hydroxyl groups excluding tert-OH is 1. The van der Waals surface area contributed by atoms with Crippen molar-refractivity contribution in [3.8, 4) is 11.4 Å². The monoisotopic (exact) mass is 350 g/mol. The van der Waals surface area contributed by atoms with Crippen molar-refractivity contribution >= 4 is 5.65 Å². The number of hydrogen-bond acceptors (Lipinski definition) is 3. The lowest BCUT2D eigenvalue weighted by molar-refractivity contribution is 0.192. The van der Waals surface area contributed by atoms with Crippen LogP contribution in [-0.4, -0.2) is 24.0 Å². The zero-order valence-corrected chi connectivity index (χ0v) is 14.6. The van der Waals surface area contributed by atoms with E-state index in [-0.39, 0.29) is 5.82 Å². The molecule has 0 bridgehead atoms. The molecule has 0 saturated carbocycles. The normalized spacial score (nSPS) is 12.6.